The number of nitrogens with one attached hydrogen (secondary N) is 1. The van der Waals surface area contributed by atoms with Crippen LogP contribution in [0.25, 0.3) is 0 Å². The number of benzene rings is 1. The standard InChI is InChI=1S/C20H29N3O3/c1-15(24)21-12-19(25)23-13-16-6-4-5-7-18(16)26-20(14-23)10-8-17(9-11-20)22(2)3/h4-7,17H,8-14H2,1-3H3,(H,21,24). The van der Waals surface area contributed by atoms with Crippen molar-refractivity contribution in [2.75, 3.05) is 27.2 Å². The highest BCUT2D eigenvalue weighted by molar-refractivity contribution is 5.83. The predicted molar refractivity (Wildman–Crippen MR) is 99.8 cm³/mol. The van der Waals surface area contributed by atoms with Crippen LogP contribution in [-0.4, -0.2) is 60.4 Å². The Labute approximate surface area is 155 Å². The van der Waals surface area contributed by atoms with Crippen LogP contribution in [0.5, 0.6) is 5.75 Å². The minimum absolute atomic E-state index is 0.0356. The van der Waals surface area contributed by atoms with Gasteiger partial charge in [-0.25, -0.2) is 0 Å². The Bertz CT molecular complexity index is 666. The minimum Gasteiger partial charge on any atom is -0.485 e. The van der Waals surface area contributed by atoms with E-state index >= 15 is 0 Å². The number of carbonyl (C=O) groups is 2. The van der Waals surface area contributed by atoms with Gasteiger partial charge in [-0.3, -0.25) is 9.59 Å². The zero-order chi connectivity index (χ0) is 18.7. The van der Waals surface area contributed by atoms with E-state index in [4.69, 9.17) is 4.74 Å². The van der Waals surface area contributed by atoms with Crippen molar-refractivity contribution in [3.63, 3.8) is 0 Å². The number of amides is 2. The molecule has 0 bridgehead atoms. The molecular weight excluding hydrogens is 330 g/mol. The first-order chi connectivity index (χ1) is 12.4. The molecule has 26 heavy (non-hydrogen) atoms. The van der Waals surface area contributed by atoms with Crippen LogP contribution in [-0.2, 0) is 16.1 Å². The first-order valence-corrected chi connectivity index (χ1v) is 9.34. The number of hydrogen-bond acceptors (Lipinski definition) is 4. The third-order valence-electron chi connectivity index (χ3n) is 5.58. The van der Waals surface area contributed by atoms with Crippen LogP contribution in [0.1, 0.15) is 38.2 Å². The molecule has 0 saturated heterocycles. The van der Waals surface area contributed by atoms with Crippen LogP contribution in [0, 0.1) is 0 Å². The van der Waals surface area contributed by atoms with Crippen LogP contribution in [0.2, 0.25) is 0 Å². The Morgan fingerprint density at radius 1 is 1.27 bits per heavy atom. The highest BCUT2D eigenvalue weighted by Gasteiger charge is 2.42. The first kappa shape index (κ1) is 18.7. The fourth-order valence-electron chi connectivity index (χ4n) is 4.00. The van der Waals surface area contributed by atoms with Gasteiger partial charge in [0.05, 0.1) is 13.1 Å². The fraction of sp³-hybridized carbons (Fsp3) is 0.600. The molecular formula is C20H29N3O3. The molecule has 1 spiro atoms. The molecule has 1 saturated carbocycles. The minimum atomic E-state index is -0.342. The Hall–Kier alpha value is -2.08. The van der Waals surface area contributed by atoms with Crippen molar-refractivity contribution in [2.45, 2.75) is 50.8 Å². The number of hydrogen-bond donors (Lipinski definition) is 1. The normalized spacial score (nSPS) is 25.4. The van der Waals surface area contributed by atoms with Gasteiger partial charge in [-0.2, -0.15) is 0 Å². The molecule has 0 aromatic heterocycles. The van der Waals surface area contributed by atoms with E-state index < -0.39 is 0 Å². The van der Waals surface area contributed by atoms with Crippen LogP contribution >= 0.6 is 0 Å². The van der Waals surface area contributed by atoms with Crippen molar-refractivity contribution >= 4 is 11.8 Å². The van der Waals surface area contributed by atoms with Gasteiger partial charge in [-0.05, 0) is 45.8 Å². The highest BCUT2D eigenvalue weighted by atomic mass is 16.5. The Morgan fingerprint density at radius 3 is 2.62 bits per heavy atom. The fourth-order valence-corrected chi connectivity index (χ4v) is 4.00. The lowest BCUT2D eigenvalue weighted by molar-refractivity contribution is -0.135. The second-order valence-corrected chi connectivity index (χ2v) is 7.75. The van der Waals surface area contributed by atoms with Crippen molar-refractivity contribution < 1.29 is 14.3 Å². The lowest BCUT2D eigenvalue weighted by atomic mass is 9.81. The van der Waals surface area contributed by atoms with Crippen molar-refractivity contribution in [3.05, 3.63) is 29.8 Å². The summed E-state index contributed by atoms with van der Waals surface area (Å²) in [5.41, 5.74) is 0.681. The third-order valence-corrected chi connectivity index (χ3v) is 5.58. The summed E-state index contributed by atoms with van der Waals surface area (Å²) in [4.78, 5) is 28.0. The average Bonchev–Trinajstić information content (AvgIpc) is 2.76. The van der Waals surface area contributed by atoms with Crippen LogP contribution in [0.3, 0.4) is 0 Å². The average molecular weight is 359 g/mol. The molecule has 1 aliphatic heterocycles. The topological polar surface area (TPSA) is 61.9 Å². The molecule has 1 aromatic carbocycles. The predicted octanol–water partition coefficient (Wildman–Crippen LogP) is 1.79. The van der Waals surface area contributed by atoms with Gasteiger partial charge in [0, 0.05) is 25.1 Å². The highest BCUT2D eigenvalue weighted by Crippen LogP contribution is 2.39. The molecule has 1 aromatic rings. The Balaban J connectivity index is 1.82. The summed E-state index contributed by atoms with van der Waals surface area (Å²) in [6.45, 7) is 2.56. The van der Waals surface area contributed by atoms with Crippen LogP contribution < -0.4 is 10.1 Å². The van der Waals surface area contributed by atoms with E-state index in [0.717, 1.165) is 37.0 Å². The largest absolute Gasteiger partial charge is 0.485 e. The molecule has 2 amide bonds. The molecule has 2 aliphatic rings. The lowest BCUT2D eigenvalue weighted by Crippen LogP contribution is -2.52. The second kappa shape index (κ2) is 7.66. The molecule has 6 heteroatoms. The van der Waals surface area contributed by atoms with Gasteiger partial charge in [-0.15, -0.1) is 0 Å². The molecule has 1 heterocycles. The molecule has 0 unspecified atom stereocenters. The summed E-state index contributed by atoms with van der Waals surface area (Å²) in [5.74, 6) is 0.631. The zero-order valence-electron chi connectivity index (χ0n) is 16.0. The third kappa shape index (κ3) is 4.18. The van der Waals surface area contributed by atoms with Gasteiger partial charge in [0.25, 0.3) is 0 Å². The maximum Gasteiger partial charge on any atom is 0.242 e. The number of carbonyl (C=O) groups excluding carboxylic acids is 2. The molecule has 0 atom stereocenters. The van der Waals surface area contributed by atoms with Crippen molar-refractivity contribution in [3.8, 4) is 5.75 Å². The van der Waals surface area contributed by atoms with Crippen LogP contribution in [0.4, 0.5) is 0 Å². The lowest BCUT2D eigenvalue weighted by Gasteiger charge is -2.43. The molecule has 6 nitrogen and oxygen atoms in total. The summed E-state index contributed by atoms with van der Waals surface area (Å²) in [7, 11) is 4.24. The van der Waals surface area contributed by atoms with E-state index in [2.05, 4.69) is 24.3 Å². The number of fused-ring (bicyclic) bond motifs is 1. The van der Waals surface area contributed by atoms with E-state index in [9.17, 15) is 9.59 Å². The maximum atomic E-state index is 12.7. The van der Waals surface area contributed by atoms with E-state index in [1.807, 2.05) is 29.2 Å². The first-order valence-electron chi connectivity index (χ1n) is 9.34. The second-order valence-electron chi connectivity index (χ2n) is 7.75. The van der Waals surface area contributed by atoms with Crippen molar-refractivity contribution in [1.82, 2.24) is 15.1 Å². The maximum absolute atomic E-state index is 12.7. The Kier molecular flexibility index (Phi) is 5.51. The number of ether oxygens (including phenoxy) is 1. The van der Waals surface area contributed by atoms with Gasteiger partial charge >= 0.3 is 0 Å². The van der Waals surface area contributed by atoms with Gasteiger partial charge in [-0.1, -0.05) is 18.2 Å². The number of nitrogens with zero attached hydrogens (tertiary/aromatic N) is 2. The molecule has 3 rings (SSSR count). The van der Waals surface area contributed by atoms with Crippen molar-refractivity contribution in [1.29, 1.82) is 0 Å². The van der Waals surface area contributed by atoms with Gasteiger partial charge in [0.2, 0.25) is 11.8 Å². The van der Waals surface area contributed by atoms with Gasteiger partial charge in [0.1, 0.15) is 11.4 Å². The molecule has 1 N–H and O–H groups in total. The summed E-state index contributed by atoms with van der Waals surface area (Å²) in [5, 5.41) is 2.62. The smallest absolute Gasteiger partial charge is 0.242 e. The van der Waals surface area contributed by atoms with Gasteiger partial charge < -0.3 is 19.9 Å². The number of rotatable bonds is 3. The van der Waals surface area contributed by atoms with E-state index in [1.165, 1.54) is 6.92 Å². The summed E-state index contributed by atoms with van der Waals surface area (Å²) in [6, 6.07) is 8.52. The molecule has 142 valence electrons. The SMILES string of the molecule is CC(=O)NCC(=O)N1Cc2ccccc2OC2(CCC(N(C)C)CC2)C1. The zero-order valence-corrected chi connectivity index (χ0v) is 16.0. The summed E-state index contributed by atoms with van der Waals surface area (Å²) < 4.78 is 6.52. The number of para-hydroxylation sites is 1. The van der Waals surface area contributed by atoms with E-state index in [0.29, 0.717) is 19.1 Å². The monoisotopic (exact) mass is 359 g/mol. The molecule has 1 aliphatic carbocycles. The van der Waals surface area contributed by atoms with E-state index in [-0.39, 0.29) is 24.0 Å². The van der Waals surface area contributed by atoms with Crippen LogP contribution in [0.15, 0.2) is 24.3 Å². The summed E-state index contributed by atoms with van der Waals surface area (Å²) >= 11 is 0. The summed E-state index contributed by atoms with van der Waals surface area (Å²) in [6.07, 6.45) is 3.97. The van der Waals surface area contributed by atoms with Crippen molar-refractivity contribution in [2.24, 2.45) is 0 Å². The quantitative estimate of drug-likeness (QED) is 0.894. The van der Waals surface area contributed by atoms with Gasteiger partial charge in [0.15, 0.2) is 0 Å². The molecule has 0 radical (unpaired) electrons. The van der Waals surface area contributed by atoms with E-state index in [1.54, 1.807) is 0 Å². The Morgan fingerprint density at radius 2 is 1.96 bits per heavy atom. The molecule has 1 fully saturated rings.